The largest absolute Gasteiger partial charge is 0.337 e. The van der Waals surface area contributed by atoms with Crippen molar-refractivity contribution in [3.05, 3.63) is 29.3 Å². The van der Waals surface area contributed by atoms with Crippen molar-refractivity contribution in [2.75, 3.05) is 26.2 Å². The minimum atomic E-state index is -3.59. The van der Waals surface area contributed by atoms with Gasteiger partial charge in [0.2, 0.25) is 10.0 Å². The minimum absolute atomic E-state index is 0.107. The van der Waals surface area contributed by atoms with Crippen LogP contribution in [0.25, 0.3) is 0 Å². The fourth-order valence-electron chi connectivity index (χ4n) is 3.04. The van der Waals surface area contributed by atoms with Crippen LogP contribution in [0.5, 0.6) is 0 Å². The molecule has 0 saturated carbocycles. The Bertz CT molecular complexity index is 865. The van der Waals surface area contributed by atoms with Gasteiger partial charge in [0.25, 0.3) is 5.91 Å². The Labute approximate surface area is 146 Å². The van der Waals surface area contributed by atoms with Gasteiger partial charge in [-0.1, -0.05) is 0 Å². The number of carbonyl (C=O) groups is 1. The van der Waals surface area contributed by atoms with E-state index in [1.165, 1.54) is 21.4 Å². The number of sulfonamides is 1. The fourth-order valence-corrected chi connectivity index (χ4v) is 4.50. The number of aromatic amines is 1. The number of aryl methyl sites for hydroxylation is 3. The molecule has 3 heterocycles. The van der Waals surface area contributed by atoms with Crippen molar-refractivity contribution in [1.29, 1.82) is 0 Å². The summed E-state index contributed by atoms with van der Waals surface area (Å²) in [5.41, 5.74) is 1.96. The highest BCUT2D eigenvalue weighted by Gasteiger charge is 2.30. The molecular formula is C15H22N6O3S. The topological polar surface area (TPSA) is 104 Å². The van der Waals surface area contributed by atoms with Gasteiger partial charge < -0.3 is 4.90 Å². The van der Waals surface area contributed by atoms with E-state index in [-0.39, 0.29) is 17.3 Å². The Morgan fingerprint density at radius 2 is 1.96 bits per heavy atom. The number of aromatic nitrogens is 4. The summed E-state index contributed by atoms with van der Waals surface area (Å²) in [5, 5.41) is 10.8. The average molecular weight is 366 g/mol. The lowest BCUT2D eigenvalue weighted by Gasteiger charge is -2.21. The molecule has 1 N–H and O–H groups in total. The molecule has 0 atom stereocenters. The second kappa shape index (κ2) is 6.60. The standard InChI is InChI=1S/C15H22N6O3S/c1-11-14(12(2)18-17-11)15(22)20-5-4-6-21(8-7-20)25(23,24)13-9-16-19(3)10-13/h9-10H,4-8H2,1-3H3,(H,17,18). The maximum atomic E-state index is 12.8. The lowest BCUT2D eigenvalue weighted by Crippen LogP contribution is -2.37. The van der Waals surface area contributed by atoms with Crippen molar-refractivity contribution < 1.29 is 13.2 Å². The van der Waals surface area contributed by atoms with Crippen LogP contribution in [0.15, 0.2) is 17.3 Å². The molecule has 1 amide bonds. The zero-order valence-electron chi connectivity index (χ0n) is 14.6. The van der Waals surface area contributed by atoms with Gasteiger partial charge in [0.05, 0.1) is 17.5 Å². The second-order valence-corrected chi connectivity index (χ2v) is 8.15. The van der Waals surface area contributed by atoms with Crippen LogP contribution in [0, 0.1) is 13.8 Å². The number of hydrogen-bond donors (Lipinski definition) is 1. The first-order chi connectivity index (χ1) is 11.8. The molecule has 1 saturated heterocycles. The lowest BCUT2D eigenvalue weighted by atomic mass is 10.1. The number of nitrogens with zero attached hydrogens (tertiary/aromatic N) is 5. The summed E-state index contributed by atoms with van der Waals surface area (Å²) >= 11 is 0. The normalized spacial score (nSPS) is 16.8. The zero-order chi connectivity index (χ0) is 18.2. The van der Waals surface area contributed by atoms with Gasteiger partial charge in [-0.3, -0.25) is 14.6 Å². The third-order valence-corrected chi connectivity index (χ3v) is 6.25. The summed E-state index contributed by atoms with van der Waals surface area (Å²) in [6.45, 7) is 5.10. The molecular weight excluding hydrogens is 344 g/mol. The molecule has 3 rings (SSSR count). The highest BCUT2D eigenvalue weighted by atomic mass is 32.2. The Kier molecular flexibility index (Phi) is 4.65. The number of nitrogens with one attached hydrogen (secondary N) is 1. The van der Waals surface area contributed by atoms with Gasteiger partial charge in [-0.25, -0.2) is 8.42 Å². The molecule has 2 aromatic rings. The summed E-state index contributed by atoms with van der Waals surface area (Å²) < 4.78 is 28.3. The van der Waals surface area contributed by atoms with Crippen LogP contribution >= 0.6 is 0 Å². The quantitative estimate of drug-likeness (QED) is 0.841. The highest BCUT2D eigenvalue weighted by Crippen LogP contribution is 2.19. The van der Waals surface area contributed by atoms with Crippen LogP contribution in [0.1, 0.15) is 28.2 Å². The Balaban J connectivity index is 1.76. The number of hydrogen-bond acceptors (Lipinski definition) is 5. The SMILES string of the molecule is Cc1n[nH]c(C)c1C(=O)N1CCCN(S(=O)(=O)c2cnn(C)c2)CC1. The summed E-state index contributed by atoms with van der Waals surface area (Å²) in [5.74, 6) is -0.107. The van der Waals surface area contributed by atoms with Crippen LogP contribution < -0.4 is 0 Å². The van der Waals surface area contributed by atoms with Gasteiger partial charge in [0, 0.05) is 45.1 Å². The maximum Gasteiger partial charge on any atom is 0.257 e. The number of rotatable bonds is 3. The van der Waals surface area contributed by atoms with Crippen LogP contribution in [0.3, 0.4) is 0 Å². The third-order valence-electron chi connectivity index (χ3n) is 4.40. The molecule has 1 fully saturated rings. The predicted octanol–water partition coefficient (Wildman–Crippen LogP) is 0.297. The molecule has 1 aliphatic heterocycles. The smallest absolute Gasteiger partial charge is 0.257 e. The number of amides is 1. The van der Waals surface area contributed by atoms with Crippen LogP contribution in [-0.4, -0.2) is 69.7 Å². The van der Waals surface area contributed by atoms with Crippen LogP contribution in [-0.2, 0) is 17.1 Å². The first kappa shape index (κ1) is 17.6. The fraction of sp³-hybridized carbons (Fsp3) is 0.533. The molecule has 1 aliphatic rings. The summed E-state index contributed by atoms with van der Waals surface area (Å²) in [6, 6.07) is 0. The van der Waals surface area contributed by atoms with Crippen molar-refractivity contribution in [2.24, 2.45) is 7.05 Å². The highest BCUT2D eigenvalue weighted by molar-refractivity contribution is 7.89. The Morgan fingerprint density at radius 1 is 1.20 bits per heavy atom. The molecule has 0 aliphatic carbocycles. The van der Waals surface area contributed by atoms with E-state index in [4.69, 9.17) is 0 Å². The van der Waals surface area contributed by atoms with Crippen molar-refractivity contribution in [3.8, 4) is 0 Å². The minimum Gasteiger partial charge on any atom is -0.337 e. The molecule has 2 aromatic heterocycles. The zero-order valence-corrected chi connectivity index (χ0v) is 15.4. The summed E-state index contributed by atoms with van der Waals surface area (Å²) in [4.78, 5) is 14.6. The molecule has 136 valence electrons. The van der Waals surface area contributed by atoms with E-state index in [1.807, 2.05) is 6.92 Å². The lowest BCUT2D eigenvalue weighted by molar-refractivity contribution is 0.0763. The van der Waals surface area contributed by atoms with E-state index in [9.17, 15) is 13.2 Å². The maximum absolute atomic E-state index is 12.8. The van der Waals surface area contributed by atoms with Crippen LogP contribution in [0.2, 0.25) is 0 Å². The Morgan fingerprint density at radius 3 is 2.56 bits per heavy atom. The van der Waals surface area contributed by atoms with E-state index < -0.39 is 10.0 Å². The molecule has 0 unspecified atom stereocenters. The summed E-state index contributed by atoms with van der Waals surface area (Å²) in [6.07, 6.45) is 3.42. The molecule has 0 radical (unpaired) electrons. The van der Waals surface area contributed by atoms with Gasteiger partial charge in [0.1, 0.15) is 4.90 Å². The number of H-pyrrole nitrogens is 1. The first-order valence-electron chi connectivity index (χ1n) is 8.10. The molecule has 9 nitrogen and oxygen atoms in total. The van der Waals surface area contributed by atoms with E-state index in [1.54, 1.807) is 18.9 Å². The van der Waals surface area contributed by atoms with E-state index in [2.05, 4.69) is 15.3 Å². The van der Waals surface area contributed by atoms with Crippen molar-refractivity contribution >= 4 is 15.9 Å². The van der Waals surface area contributed by atoms with Crippen molar-refractivity contribution in [3.63, 3.8) is 0 Å². The molecule has 0 bridgehead atoms. The molecule has 10 heteroatoms. The molecule has 25 heavy (non-hydrogen) atoms. The van der Waals surface area contributed by atoms with Crippen LogP contribution in [0.4, 0.5) is 0 Å². The number of carbonyl (C=O) groups excluding carboxylic acids is 1. The van der Waals surface area contributed by atoms with Gasteiger partial charge in [0.15, 0.2) is 0 Å². The van der Waals surface area contributed by atoms with Gasteiger partial charge in [-0.2, -0.15) is 14.5 Å². The molecule has 0 aromatic carbocycles. The van der Waals surface area contributed by atoms with Crippen molar-refractivity contribution in [1.82, 2.24) is 29.2 Å². The second-order valence-electron chi connectivity index (χ2n) is 6.21. The van der Waals surface area contributed by atoms with Gasteiger partial charge in [-0.15, -0.1) is 0 Å². The van der Waals surface area contributed by atoms with Gasteiger partial charge in [-0.05, 0) is 20.3 Å². The summed E-state index contributed by atoms with van der Waals surface area (Å²) in [7, 11) is -1.91. The first-order valence-corrected chi connectivity index (χ1v) is 9.54. The average Bonchev–Trinajstić information content (AvgIpc) is 3.03. The monoisotopic (exact) mass is 366 g/mol. The van der Waals surface area contributed by atoms with E-state index >= 15 is 0 Å². The van der Waals surface area contributed by atoms with E-state index in [0.717, 1.165) is 5.69 Å². The Hall–Kier alpha value is -2.20. The predicted molar refractivity (Wildman–Crippen MR) is 90.5 cm³/mol. The van der Waals surface area contributed by atoms with Gasteiger partial charge >= 0.3 is 0 Å². The third kappa shape index (κ3) is 3.31. The van der Waals surface area contributed by atoms with E-state index in [0.29, 0.717) is 37.3 Å². The molecule has 0 spiro atoms. The van der Waals surface area contributed by atoms with Crippen molar-refractivity contribution in [2.45, 2.75) is 25.2 Å².